The van der Waals surface area contributed by atoms with Gasteiger partial charge in [0.05, 0.1) is 26.1 Å². The molecule has 0 radical (unpaired) electrons. The zero-order valence-corrected chi connectivity index (χ0v) is 13.2. The van der Waals surface area contributed by atoms with Crippen molar-refractivity contribution in [1.82, 2.24) is 14.8 Å². The van der Waals surface area contributed by atoms with Crippen LogP contribution < -0.4 is 4.74 Å². The number of rotatable bonds is 4. The van der Waals surface area contributed by atoms with Crippen molar-refractivity contribution in [1.29, 1.82) is 0 Å². The molecule has 0 aliphatic carbocycles. The molecule has 1 unspecified atom stereocenters. The topological polar surface area (TPSA) is 75.5 Å². The smallest absolute Gasteiger partial charge is 0.356 e. The molecule has 1 aliphatic rings. The molecule has 0 aromatic carbocycles. The SMILES string of the molecule is COC(=O)c1cc(OC)cc(-c2cnn(C3CCCCO3)c2)n1. The summed E-state index contributed by atoms with van der Waals surface area (Å²) in [5, 5.41) is 4.36. The van der Waals surface area contributed by atoms with Crippen LogP contribution in [0, 0.1) is 0 Å². The number of aromatic nitrogens is 3. The molecule has 1 atom stereocenters. The van der Waals surface area contributed by atoms with Gasteiger partial charge in [0.25, 0.3) is 0 Å². The van der Waals surface area contributed by atoms with E-state index < -0.39 is 5.97 Å². The van der Waals surface area contributed by atoms with Gasteiger partial charge in [0.15, 0.2) is 5.69 Å². The van der Waals surface area contributed by atoms with E-state index in [2.05, 4.69) is 10.1 Å². The molecule has 2 aromatic rings. The quantitative estimate of drug-likeness (QED) is 0.806. The van der Waals surface area contributed by atoms with Gasteiger partial charge in [-0.25, -0.2) is 14.5 Å². The van der Waals surface area contributed by atoms with Gasteiger partial charge in [-0.3, -0.25) is 0 Å². The summed E-state index contributed by atoms with van der Waals surface area (Å²) < 4.78 is 17.5. The van der Waals surface area contributed by atoms with E-state index in [1.54, 1.807) is 30.1 Å². The fraction of sp³-hybridized carbons (Fsp3) is 0.438. The second-order valence-electron chi connectivity index (χ2n) is 5.30. The third-order valence-corrected chi connectivity index (χ3v) is 3.78. The highest BCUT2D eigenvalue weighted by atomic mass is 16.5. The van der Waals surface area contributed by atoms with Crippen LogP contribution in [-0.2, 0) is 9.47 Å². The lowest BCUT2D eigenvalue weighted by molar-refractivity contribution is -0.0394. The van der Waals surface area contributed by atoms with Crippen molar-refractivity contribution >= 4 is 5.97 Å². The van der Waals surface area contributed by atoms with Crippen LogP contribution in [0.1, 0.15) is 36.0 Å². The first kappa shape index (κ1) is 15.5. The van der Waals surface area contributed by atoms with Gasteiger partial charge in [0, 0.05) is 30.5 Å². The number of carbonyl (C=O) groups excluding carboxylic acids is 1. The van der Waals surface area contributed by atoms with Crippen molar-refractivity contribution in [2.24, 2.45) is 0 Å². The van der Waals surface area contributed by atoms with E-state index in [1.165, 1.54) is 7.11 Å². The number of pyridine rings is 1. The highest BCUT2D eigenvalue weighted by Gasteiger charge is 2.18. The molecule has 122 valence electrons. The molecule has 1 aliphatic heterocycles. The lowest BCUT2D eigenvalue weighted by atomic mass is 10.2. The second kappa shape index (κ2) is 6.78. The van der Waals surface area contributed by atoms with Gasteiger partial charge in [0.1, 0.15) is 12.0 Å². The Kier molecular flexibility index (Phi) is 4.57. The molecule has 3 rings (SSSR count). The summed E-state index contributed by atoms with van der Waals surface area (Å²) >= 11 is 0. The summed E-state index contributed by atoms with van der Waals surface area (Å²) in [4.78, 5) is 16.1. The van der Waals surface area contributed by atoms with E-state index in [4.69, 9.17) is 14.2 Å². The van der Waals surface area contributed by atoms with Crippen molar-refractivity contribution in [2.75, 3.05) is 20.8 Å². The highest BCUT2D eigenvalue weighted by molar-refractivity contribution is 5.88. The first-order valence-electron chi connectivity index (χ1n) is 7.52. The molecule has 0 saturated carbocycles. The van der Waals surface area contributed by atoms with Crippen molar-refractivity contribution < 1.29 is 19.0 Å². The van der Waals surface area contributed by atoms with Gasteiger partial charge < -0.3 is 14.2 Å². The number of methoxy groups -OCH3 is 2. The standard InChI is InChI=1S/C16H19N3O4/c1-21-12-7-13(18-14(8-12)16(20)22-2)11-9-17-19(10-11)15-5-3-4-6-23-15/h7-10,15H,3-6H2,1-2H3. The van der Waals surface area contributed by atoms with Gasteiger partial charge in [0.2, 0.25) is 0 Å². The Morgan fingerprint density at radius 2 is 2.22 bits per heavy atom. The Hall–Kier alpha value is -2.41. The minimum absolute atomic E-state index is 0.0387. The predicted molar refractivity (Wildman–Crippen MR) is 82.2 cm³/mol. The maximum atomic E-state index is 11.7. The van der Waals surface area contributed by atoms with Crippen LogP contribution in [0.2, 0.25) is 0 Å². The van der Waals surface area contributed by atoms with Crippen LogP contribution >= 0.6 is 0 Å². The number of carbonyl (C=O) groups is 1. The third kappa shape index (κ3) is 3.34. The highest BCUT2D eigenvalue weighted by Crippen LogP contribution is 2.26. The van der Waals surface area contributed by atoms with Crippen LogP contribution in [0.3, 0.4) is 0 Å². The summed E-state index contributed by atoms with van der Waals surface area (Å²) in [5.41, 5.74) is 1.60. The van der Waals surface area contributed by atoms with Gasteiger partial charge >= 0.3 is 5.97 Å². The normalized spacial score (nSPS) is 17.7. The Morgan fingerprint density at radius 1 is 1.35 bits per heavy atom. The monoisotopic (exact) mass is 317 g/mol. The summed E-state index contributed by atoms with van der Waals surface area (Å²) in [7, 11) is 2.86. The van der Waals surface area contributed by atoms with E-state index in [0.29, 0.717) is 11.4 Å². The summed E-state index contributed by atoms with van der Waals surface area (Å²) in [5.74, 6) is 0.0326. The minimum Gasteiger partial charge on any atom is -0.497 e. The Bertz CT molecular complexity index is 692. The fourth-order valence-corrected chi connectivity index (χ4v) is 2.54. The number of esters is 1. The van der Waals surface area contributed by atoms with Crippen LogP contribution in [0.15, 0.2) is 24.5 Å². The van der Waals surface area contributed by atoms with Crippen molar-refractivity contribution in [3.8, 4) is 17.0 Å². The van der Waals surface area contributed by atoms with Crippen LogP contribution in [0.5, 0.6) is 5.75 Å². The van der Waals surface area contributed by atoms with Crippen molar-refractivity contribution in [3.63, 3.8) is 0 Å². The lowest BCUT2D eigenvalue weighted by Crippen LogP contribution is -2.18. The fourth-order valence-electron chi connectivity index (χ4n) is 2.54. The number of ether oxygens (including phenoxy) is 3. The van der Waals surface area contributed by atoms with E-state index in [-0.39, 0.29) is 11.9 Å². The first-order chi connectivity index (χ1) is 11.2. The summed E-state index contributed by atoms with van der Waals surface area (Å²) in [6.45, 7) is 0.754. The average molecular weight is 317 g/mol. The zero-order chi connectivity index (χ0) is 16.2. The second-order valence-corrected chi connectivity index (χ2v) is 5.30. The molecule has 23 heavy (non-hydrogen) atoms. The Balaban J connectivity index is 1.91. The van der Waals surface area contributed by atoms with Crippen LogP contribution in [-0.4, -0.2) is 41.6 Å². The Morgan fingerprint density at radius 3 is 2.91 bits per heavy atom. The van der Waals surface area contributed by atoms with E-state index in [1.807, 2.05) is 6.20 Å². The number of hydrogen-bond donors (Lipinski definition) is 0. The molecular weight excluding hydrogens is 298 g/mol. The molecule has 0 N–H and O–H groups in total. The van der Waals surface area contributed by atoms with Crippen molar-refractivity contribution in [2.45, 2.75) is 25.5 Å². The molecule has 7 nitrogen and oxygen atoms in total. The Labute approximate surface area is 134 Å². The van der Waals surface area contributed by atoms with Gasteiger partial charge in [-0.2, -0.15) is 5.10 Å². The van der Waals surface area contributed by atoms with Crippen LogP contribution in [0.25, 0.3) is 11.3 Å². The van der Waals surface area contributed by atoms with Gasteiger partial charge in [-0.15, -0.1) is 0 Å². The van der Waals surface area contributed by atoms with E-state index >= 15 is 0 Å². The van der Waals surface area contributed by atoms with Crippen LogP contribution in [0.4, 0.5) is 0 Å². The zero-order valence-electron chi connectivity index (χ0n) is 13.2. The summed E-state index contributed by atoms with van der Waals surface area (Å²) in [6.07, 6.45) is 6.71. The minimum atomic E-state index is -0.506. The third-order valence-electron chi connectivity index (χ3n) is 3.78. The van der Waals surface area contributed by atoms with E-state index in [9.17, 15) is 4.79 Å². The molecule has 1 saturated heterocycles. The molecule has 3 heterocycles. The number of nitrogens with zero attached hydrogens (tertiary/aromatic N) is 3. The molecule has 0 bridgehead atoms. The molecule has 7 heteroatoms. The van der Waals surface area contributed by atoms with E-state index in [0.717, 1.165) is 31.4 Å². The summed E-state index contributed by atoms with van der Waals surface area (Å²) in [6, 6.07) is 3.31. The van der Waals surface area contributed by atoms with Gasteiger partial charge in [-0.05, 0) is 19.3 Å². The maximum absolute atomic E-state index is 11.7. The van der Waals surface area contributed by atoms with Crippen molar-refractivity contribution in [3.05, 3.63) is 30.2 Å². The molecule has 0 spiro atoms. The predicted octanol–water partition coefficient (Wildman–Crippen LogP) is 2.44. The average Bonchev–Trinajstić information content (AvgIpc) is 3.11. The molecule has 1 fully saturated rings. The molecule has 2 aromatic heterocycles. The molecule has 0 amide bonds. The number of hydrogen-bond acceptors (Lipinski definition) is 6. The van der Waals surface area contributed by atoms with Gasteiger partial charge in [-0.1, -0.05) is 0 Å². The maximum Gasteiger partial charge on any atom is 0.356 e. The largest absolute Gasteiger partial charge is 0.497 e. The first-order valence-corrected chi connectivity index (χ1v) is 7.52. The lowest BCUT2D eigenvalue weighted by Gasteiger charge is -2.22. The molecular formula is C16H19N3O4.